The first-order chi connectivity index (χ1) is 9.34. The molecule has 0 aliphatic rings. The fraction of sp³-hybridized carbons (Fsp3) is 0.222. The van der Waals surface area contributed by atoms with E-state index >= 15 is 0 Å². The van der Waals surface area contributed by atoms with Crippen molar-refractivity contribution >= 4 is 16.9 Å². The van der Waals surface area contributed by atoms with Gasteiger partial charge in [0.25, 0.3) is 0 Å². The van der Waals surface area contributed by atoms with Gasteiger partial charge in [-0.2, -0.15) is 0 Å². The van der Waals surface area contributed by atoms with E-state index in [1.54, 1.807) is 0 Å². The highest BCUT2D eigenvalue weighted by Gasteiger charge is 2.25. The zero-order chi connectivity index (χ0) is 14.9. The molecule has 2 heteroatoms. The number of nitrogens with two attached hydrogens (primary N) is 2. The molecular weight excluding hydrogens is 244 g/mol. The minimum Gasteiger partial charge on any atom is -0.397 e. The SMILES string of the molecule is C=C(C)c1ccc(C(C)(C)c2cccc(N)c2N)cc1. The lowest BCUT2D eigenvalue weighted by Crippen LogP contribution is -2.21. The molecule has 0 atom stereocenters. The number of hydrogen-bond acceptors (Lipinski definition) is 2. The first-order valence-corrected chi connectivity index (χ1v) is 6.75. The van der Waals surface area contributed by atoms with Crippen LogP contribution >= 0.6 is 0 Å². The summed E-state index contributed by atoms with van der Waals surface area (Å²) in [4.78, 5) is 0. The lowest BCUT2D eigenvalue weighted by molar-refractivity contribution is 0.643. The quantitative estimate of drug-likeness (QED) is 0.818. The van der Waals surface area contributed by atoms with Crippen LogP contribution in [0.1, 0.15) is 37.5 Å². The van der Waals surface area contributed by atoms with Crippen LogP contribution in [-0.2, 0) is 5.41 Å². The molecule has 0 radical (unpaired) electrons. The van der Waals surface area contributed by atoms with E-state index < -0.39 is 0 Å². The van der Waals surface area contributed by atoms with Crippen molar-refractivity contribution in [2.45, 2.75) is 26.2 Å². The average Bonchev–Trinajstić information content (AvgIpc) is 2.41. The second kappa shape index (κ2) is 5.04. The fourth-order valence-corrected chi connectivity index (χ4v) is 2.45. The van der Waals surface area contributed by atoms with Gasteiger partial charge in [-0.15, -0.1) is 0 Å². The molecule has 0 bridgehead atoms. The molecule has 0 aliphatic carbocycles. The fourth-order valence-electron chi connectivity index (χ4n) is 2.45. The third-order valence-corrected chi connectivity index (χ3v) is 3.91. The number of anilines is 2. The molecule has 2 nitrogen and oxygen atoms in total. The van der Waals surface area contributed by atoms with Crippen molar-refractivity contribution in [1.29, 1.82) is 0 Å². The van der Waals surface area contributed by atoms with Gasteiger partial charge in [0, 0.05) is 5.41 Å². The average molecular weight is 266 g/mol. The van der Waals surface area contributed by atoms with E-state index in [1.807, 2.05) is 25.1 Å². The maximum absolute atomic E-state index is 6.15. The van der Waals surface area contributed by atoms with Crippen molar-refractivity contribution in [1.82, 2.24) is 0 Å². The van der Waals surface area contributed by atoms with Crippen LogP contribution in [0.5, 0.6) is 0 Å². The van der Waals surface area contributed by atoms with Gasteiger partial charge in [-0.05, 0) is 29.7 Å². The molecular formula is C18H22N2. The van der Waals surface area contributed by atoms with E-state index in [-0.39, 0.29) is 5.41 Å². The Balaban J connectivity index is 2.48. The van der Waals surface area contributed by atoms with Crippen LogP contribution in [0.4, 0.5) is 11.4 Å². The molecule has 2 rings (SSSR count). The first kappa shape index (κ1) is 14.2. The number of benzene rings is 2. The summed E-state index contributed by atoms with van der Waals surface area (Å²) >= 11 is 0. The molecule has 20 heavy (non-hydrogen) atoms. The van der Waals surface area contributed by atoms with Crippen molar-refractivity contribution < 1.29 is 0 Å². The number of allylic oxidation sites excluding steroid dienone is 1. The number of para-hydroxylation sites is 1. The highest BCUT2D eigenvalue weighted by Crippen LogP contribution is 2.37. The van der Waals surface area contributed by atoms with Crippen molar-refractivity contribution in [2.24, 2.45) is 0 Å². The van der Waals surface area contributed by atoms with Crippen LogP contribution in [0.15, 0.2) is 49.0 Å². The summed E-state index contributed by atoms with van der Waals surface area (Å²) in [6.45, 7) is 10.3. The summed E-state index contributed by atoms with van der Waals surface area (Å²) in [6, 6.07) is 14.3. The summed E-state index contributed by atoms with van der Waals surface area (Å²) in [5, 5.41) is 0. The van der Waals surface area contributed by atoms with Gasteiger partial charge in [-0.1, -0.05) is 62.4 Å². The summed E-state index contributed by atoms with van der Waals surface area (Å²) < 4.78 is 0. The van der Waals surface area contributed by atoms with Crippen LogP contribution in [0.25, 0.3) is 5.57 Å². The Morgan fingerprint density at radius 3 is 2.15 bits per heavy atom. The lowest BCUT2D eigenvalue weighted by Gasteiger charge is -2.28. The number of hydrogen-bond donors (Lipinski definition) is 2. The van der Waals surface area contributed by atoms with E-state index in [0.29, 0.717) is 11.4 Å². The maximum Gasteiger partial charge on any atom is 0.0589 e. The predicted octanol–water partition coefficient (Wildman–Crippen LogP) is 4.21. The molecule has 0 saturated heterocycles. The Bertz CT molecular complexity index is 637. The Labute approximate surface area is 121 Å². The smallest absolute Gasteiger partial charge is 0.0589 e. The van der Waals surface area contributed by atoms with Crippen LogP contribution < -0.4 is 11.5 Å². The first-order valence-electron chi connectivity index (χ1n) is 6.75. The summed E-state index contributed by atoms with van der Waals surface area (Å²) in [7, 11) is 0. The van der Waals surface area contributed by atoms with Gasteiger partial charge in [-0.3, -0.25) is 0 Å². The van der Waals surface area contributed by atoms with Gasteiger partial charge in [0.15, 0.2) is 0 Å². The molecule has 0 aromatic heterocycles. The summed E-state index contributed by atoms with van der Waals surface area (Å²) in [5.41, 5.74) is 17.7. The van der Waals surface area contributed by atoms with Gasteiger partial charge < -0.3 is 11.5 Å². The van der Waals surface area contributed by atoms with Crippen molar-refractivity contribution in [3.63, 3.8) is 0 Å². The highest BCUT2D eigenvalue weighted by molar-refractivity contribution is 5.70. The van der Waals surface area contributed by atoms with Crippen LogP contribution in [0.3, 0.4) is 0 Å². The monoisotopic (exact) mass is 266 g/mol. The van der Waals surface area contributed by atoms with Crippen molar-refractivity contribution in [2.75, 3.05) is 11.5 Å². The Kier molecular flexibility index (Phi) is 3.58. The van der Waals surface area contributed by atoms with Crippen LogP contribution in [0.2, 0.25) is 0 Å². The number of nitrogen functional groups attached to an aromatic ring is 2. The largest absolute Gasteiger partial charge is 0.397 e. The zero-order valence-electron chi connectivity index (χ0n) is 12.4. The van der Waals surface area contributed by atoms with E-state index in [4.69, 9.17) is 11.5 Å². The normalized spacial score (nSPS) is 11.3. The van der Waals surface area contributed by atoms with E-state index in [9.17, 15) is 0 Å². The molecule has 0 spiro atoms. The van der Waals surface area contributed by atoms with Crippen molar-refractivity contribution in [3.8, 4) is 0 Å². The Hall–Kier alpha value is -2.22. The lowest BCUT2D eigenvalue weighted by atomic mass is 9.77. The zero-order valence-corrected chi connectivity index (χ0v) is 12.4. The molecule has 0 amide bonds. The molecule has 4 N–H and O–H groups in total. The van der Waals surface area contributed by atoms with Gasteiger partial charge in [-0.25, -0.2) is 0 Å². The second-order valence-corrected chi connectivity index (χ2v) is 5.79. The van der Waals surface area contributed by atoms with E-state index in [1.165, 1.54) is 5.56 Å². The van der Waals surface area contributed by atoms with Crippen molar-refractivity contribution in [3.05, 3.63) is 65.7 Å². The molecule has 0 fully saturated rings. The van der Waals surface area contributed by atoms with Crippen LogP contribution in [0, 0.1) is 0 Å². The molecule has 104 valence electrons. The molecule has 0 saturated carbocycles. The van der Waals surface area contributed by atoms with Gasteiger partial charge in [0.2, 0.25) is 0 Å². The van der Waals surface area contributed by atoms with Crippen LogP contribution in [-0.4, -0.2) is 0 Å². The Morgan fingerprint density at radius 2 is 1.60 bits per heavy atom. The maximum atomic E-state index is 6.15. The topological polar surface area (TPSA) is 52.0 Å². The molecule has 2 aromatic carbocycles. The number of rotatable bonds is 3. The summed E-state index contributed by atoms with van der Waals surface area (Å²) in [5.74, 6) is 0. The van der Waals surface area contributed by atoms with E-state index in [2.05, 4.69) is 44.7 Å². The summed E-state index contributed by atoms with van der Waals surface area (Å²) in [6.07, 6.45) is 0. The van der Waals surface area contributed by atoms with Gasteiger partial charge >= 0.3 is 0 Å². The highest BCUT2D eigenvalue weighted by atomic mass is 14.7. The Morgan fingerprint density at radius 1 is 1.00 bits per heavy atom. The van der Waals surface area contributed by atoms with Gasteiger partial charge in [0.05, 0.1) is 11.4 Å². The molecule has 0 heterocycles. The van der Waals surface area contributed by atoms with Gasteiger partial charge in [0.1, 0.15) is 0 Å². The minimum atomic E-state index is -0.187. The molecule has 0 aliphatic heterocycles. The second-order valence-electron chi connectivity index (χ2n) is 5.79. The molecule has 0 unspecified atom stereocenters. The third kappa shape index (κ3) is 2.42. The molecule has 2 aromatic rings. The third-order valence-electron chi connectivity index (χ3n) is 3.91. The van der Waals surface area contributed by atoms with E-state index in [0.717, 1.165) is 16.7 Å². The minimum absolute atomic E-state index is 0.187. The standard InChI is InChI=1S/C18H22N2/c1-12(2)13-8-10-14(11-9-13)18(3,4)15-6-5-7-16(19)17(15)20/h5-11H,1,19-20H2,2-4H3. The predicted molar refractivity (Wildman–Crippen MR) is 88.5 cm³/mol.